The molecule has 142 valence electrons. The van der Waals surface area contributed by atoms with Crippen LogP contribution in [0.2, 0.25) is 0 Å². The van der Waals surface area contributed by atoms with Crippen molar-refractivity contribution in [2.24, 2.45) is 0 Å². The molecule has 0 N–H and O–H groups in total. The number of rotatable bonds is 3. The number of carbonyl (C=O) groups is 1. The highest BCUT2D eigenvalue weighted by molar-refractivity contribution is 5.99. The molecule has 2 aliphatic rings. The summed E-state index contributed by atoms with van der Waals surface area (Å²) in [5, 5.41) is 0. The molecule has 0 spiro atoms. The molecule has 0 aliphatic carbocycles. The van der Waals surface area contributed by atoms with Crippen molar-refractivity contribution in [2.45, 2.75) is 25.2 Å². The largest absolute Gasteiger partial charge is 0.378 e. The van der Waals surface area contributed by atoms with Crippen LogP contribution in [0, 0.1) is 0 Å². The fraction of sp³-hybridized carbons (Fsp3) is 0.435. The molecule has 4 nitrogen and oxygen atoms in total. The third-order valence-corrected chi connectivity index (χ3v) is 5.77. The summed E-state index contributed by atoms with van der Waals surface area (Å²) in [7, 11) is 0. The van der Waals surface area contributed by atoms with Crippen LogP contribution in [0.1, 0.15) is 41.1 Å². The zero-order chi connectivity index (χ0) is 18.5. The number of anilines is 1. The molecule has 1 amide bonds. The Bertz CT molecular complexity index is 756. The lowest BCUT2D eigenvalue weighted by Gasteiger charge is -2.31. The monoisotopic (exact) mass is 364 g/mol. The molecule has 2 aliphatic heterocycles. The van der Waals surface area contributed by atoms with Crippen molar-refractivity contribution in [2.75, 3.05) is 44.3 Å². The van der Waals surface area contributed by atoms with E-state index in [1.807, 2.05) is 18.2 Å². The molecule has 2 saturated heterocycles. The Morgan fingerprint density at radius 2 is 1.59 bits per heavy atom. The third-order valence-electron chi connectivity index (χ3n) is 5.77. The van der Waals surface area contributed by atoms with Crippen LogP contribution in [0.25, 0.3) is 0 Å². The Balaban J connectivity index is 1.48. The fourth-order valence-electron chi connectivity index (χ4n) is 4.26. The summed E-state index contributed by atoms with van der Waals surface area (Å²) in [6.07, 6.45) is 3.25. The second-order valence-corrected chi connectivity index (χ2v) is 7.45. The van der Waals surface area contributed by atoms with Crippen LogP contribution in [-0.4, -0.2) is 50.2 Å². The molecule has 2 heterocycles. The van der Waals surface area contributed by atoms with Gasteiger partial charge in [-0.05, 0) is 42.9 Å². The number of para-hydroxylation sites is 1. The number of amides is 1. The highest BCUT2D eigenvalue weighted by atomic mass is 16.5. The van der Waals surface area contributed by atoms with Gasteiger partial charge in [-0.25, -0.2) is 0 Å². The summed E-state index contributed by atoms with van der Waals surface area (Å²) < 4.78 is 5.47. The number of likely N-dealkylation sites (tertiary alicyclic amines) is 1. The highest BCUT2D eigenvalue weighted by Gasteiger charge is 2.25. The van der Waals surface area contributed by atoms with Gasteiger partial charge in [0.15, 0.2) is 0 Å². The number of ether oxygens (including phenoxy) is 1. The van der Waals surface area contributed by atoms with Gasteiger partial charge in [0.1, 0.15) is 0 Å². The van der Waals surface area contributed by atoms with E-state index in [0.717, 1.165) is 69.9 Å². The molecule has 4 heteroatoms. The molecule has 0 radical (unpaired) electrons. The van der Waals surface area contributed by atoms with Crippen LogP contribution in [0.15, 0.2) is 54.6 Å². The maximum absolute atomic E-state index is 13.3. The van der Waals surface area contributed by atoms with Crippen molar-refractivity contribution in [3.8, 4) is 0 Å². The molecule has 27 heavy (non-hydrogen) atoms. The third kappa shape index (κ3) is 4.16. The van der Waals surface area contributed by atoms with Crippen molar-refractivity contribution < 1.29 is 9.53 Å². The van der Waals surface area contributed by atoms with Crippen LogP contribution < -0.4 is 4.90 Å². The molecular formula is C23H28N2O2. The lowest BCUT2D eigenvalue weighted by Crippen LogP contribution is -2.39. The van der Waals surface area contributed by atoms with Gasteiger partial charge in [-0.3, -0.25) is 4.79 Å². The van der Waals surface area contributed by atoms with Gasteiger partial charge in [-0.1, -0.05) is 42.5 Å². The maximum Gasteiger partial charge on any atom is 0.255 e. The van der Waals surface area contributed by atoms with E-state index in [9.17, 15) is 4.79 Å². The first-order chi connectivity index (χ1) is 13.3. The van der Waals surface area contributed by atoms with E-state index in [4.69, 9.17) is 4.74 Å². The van der Waals surface area contributed by atoms with E-state index in [1.54, 1.807) is 0 Å². The smallest absolute Gasteiger partial charge is 0.255 e. The van der Waals surface area contributed by atoms with Crippen molar-refractivity contribution in [3.63, 3.8) is 0 Å². The number of hydrogen-bond donors (Lipinski definition) is 0. The summed E-state index contributed by atoms with van der Waals surface area (Å²) in [6, 6.07) is 18.8. The zero-order valence-electron chi connectivity index (χ0n) is 15.8. The second-order valence-electron chi connectivity index (χ2n) is 7.45. The summed E-state index contributed by atoms with van der Waals surface area (Å²) in [5.74, 6) is 0.726. The van der Waals surface area contributed by atoms with E-state index in [-0.39, 0.29) is 5.91 Å². The lowest BCUT2D eigenvalue weighted by molar-refractivity contribution is 0.0760. The van der Waals surface area contributed by atoms with E-state index >= 15 is 0 Å². The van der Waals surface area contributed by atoms with Crippen LogP contribution in [0.3, 0.4) is 0 Å². The number of morpholine rings is 1. The highest BCUT2D eigenvalue weighted by Crippen LogP contribution is 2.29. The minimum atomic E-state index is 0.172. The predicted molar refractivity (Wildman–Crippen MR) is 108 cm³/mol. The van der Waals surface area contributed by atoms with Gasteiger partial charge in [0.05, 0.1) is 18.8 Å². The van der Waals surface area contributed by atoms with E-state index in [1.165, 1.54) is 5.56 Å². The Labute approximate surface area is 161 Å². The second kappa shape index (κ2) is 8.57. The number of hydrogen-bond acceptors (Lipinski definition) is 3. The Kier molecular flexibility index (Phi) is 5.73. The summed E-state index contributed by atoms with van der Waals surface area (Å²) >= 11 is 0. The standard InChI is InChI=1S/C23H28N2O2/c26-23(21-10-4-5-11-22(21)24-15-17-27-18-16-24)25-13-6-9-20(12-14-25)19-7-2-1-3-8-19/h1-5,7-8,10-11,20H,6,9,12-18H2. The molecule has 1 atom stereocenters. The molecule has 0 aromatic heterocycles. The Morgan fingerprint density at radius 1 is 0.852 bits per heavy atom. The molecular weight excluding hydrogens is 336 g/mol. The lowest BCUT2D eigenvalue weighted by atomic mass is 9.92. The van der Waals surface area contributed by atoms with Gasteiger partial charge in [-0.15, -0.1) is 0 Å². The minimum absolute atomic E-state index is 0.172. The van der Waals surface area contributed by atoms with Gasteiger partial charge < -0.3 is 14.5 Å². The number of benzene rings is 2. The molecule has 0 bridgehead atoms. The van der Waals surface area contributed by atoms with Gasteiger partial charge >= 0.3 is 0 Å². The molecule has 2 fully saturated rings. The van der Waals surface area contributed by atoms with Gasteiger partial charge in [0.2, 0.25) is 0 Å². The summed E-state index contributed by atoms with van der Waals surface area (Å²) in [4.78, 5) is 17.7. The van der Waals surface area contributed by atoms with Crippen LogP contribution in [0.5, 0.6) is 0 Å². The first-order valence-corrected chi connectivity index (χ1v) is 10.1. The first-order valence-electron chi connectivity index (χ1n) is 10.1. The van der Waals surface area contributed by atoms with E-state index < -0.39 is 0 Å². The van der Waals surface area contributed by atoms with Crippen molar-refractivity contribution in [1.82, 2.24) is 4.90 Å². The summed E-state index contributed by atoms with van der Waals surface area (Å²) in [6.45, 7) is 4.83. The quantitative estimate of drug-likeness (QED) is 0.827. The Morgan fingerprint density at radius 3 is 2.41 bits per heavy atom. The van der Waals surface area contributed by atoms with Crippen LogP contribution in [0.4, 0.5) is 5.69 Å². The number of carbonyl (C=O) groups excluding carboxylic acids is 1. The van der Waals surface area contributed by atoms with Crippen LogP contribution >= 0.6 is 0 Å². The average Bonchev–Trinajstić information content (AvgIpc) is 3.01. The molecule has 2 aromatic carbocycles. The number of nitrogens with zero attached hydrogens (tertiary/aromatic N) is 2. The minimum Gasteiger partial charge on any atom is -0.378 e. The predicted octanol–water partition coefficient (Wildman–Crippen LogP) is 3.93. The van der Waals surface area contributed by atoms with Gasteiger partial charge in [0.25, 0.3) is 5.91 Å². The topological polar surface area (TPSA) is 32.8 Å². The SMILES string of the molecule is O=C(c1ccccc1N1CCOCC1)N1CCCC(c2ccccc2)CC1. The average molecular weight is 364 g/mol. The maximum atomic E-state index is 13.3. The van der Waals surface area contributed by atoms with Crippen LogP contribution in [-0.2, 0) is 4.74 Å². The summed E-state index contributed by atoms with van der Waals surface area (Å²) in [5.41, 5.74) is 3.28. The first kappa shape index (κ1) is 18.1. The van der Waals surface area contributed by atoms with Gasteiger partial charge in [-0.2, -0.15) is 0 Å². The Hall–Kier alpha value is -2.33. The van der Waals surface area contributed by atoms with Gasteiger partial charge in [0, 0.05) is 31.9 Å². The molecule has 4 rings (SSSR count). The fourth-order valence-corrected chi connectivity index (χ4v) is 4.26. The molecule has 0 saturated carbocycles. The van der Waals surface area contributed by atoms with E-state index in [2.05, 4.69) is 46.2 Å². The van der Waals surface area contributed by atoms with Crippen molar-refractivity contribution >= 4 is 11.6 Å². The van der Waals surface area contributed by atoms with Crippen molar-refractivity contribution in [1.29, 1.82) is 0 Å². The zero-order valence-corrected chi connectivity index (χ0v) is 15.8. The van der Waals surface area contributed by atoms with E-state index in [0.29, 0.717) is 5.92 Å². The van der Waals surface area contributed by atoms with Crippen molar-refractivity contribution in [3.05, 3.63) is 65.7 Å². The molecule has 1 unspecified atom stereocenters. The normalized spacial score (nSPS) is 21.0. The molecule has 2 aromatic rings.